The minimum absolute atomic E-state index is 0.230. The van der Waals surface area contributed by atoms with Gasteiger partial charge in [0.1, 0.15) is 11.6 Å². The van der Waals surface area contributed by atoms with Gasteiger partial charge in [-0.1, -0.05) is 6.07 Å². The molecule has 1 aromatic heterocycles. The standard InChI is InChI=1S/C15H16F2N2O/c1-20-15-3-2-10(9-19-15)6-14(18)7-11-4-12(16)8-13(17)5-11/h2-5,8-9,14H,6-7,18H2,1H3. The summed E-state index contributed by atoms with van der Waals surface area (Å²) in [7, 11) is 1.55. The molecule has 2 rings (SSSR count). The Bertz CT molecular complexity index is 552. The molecule has 1 unspecified atom stereocenters. The Balaban J connectivity index is 1.98. The number of nitrogens with zero attached hydrogens (tertiary/aromatic N) is 1. The van der Waals surface area contributed by atoms with Crippen molar-refractivity contribution in [3.05, 3.63) is 59.3 Å². The fourth-order valence-corrected chi connectivity index (χ4v) is 2.06. The van der Waals surface area contributed by atoms with E-state index in [1.807, 2.05) is 6.07 Å². The van der Waals surface area contributed by atoms with Crippen molar-refractivity contribution in [3.63, 3.8) is 0 Å². The van der Waals surface area contributed by atoms with Gasteiger partial charge in [-0.25, -0.2) is 13.8 Å². The molecule has 0 aliphatic heterocycles. The van der Waals surface area contributed by atoms with Crippen LogP contribution >= 0.6 is 0 Å². The number of hydrogen-bond acceptors (Lipinski definition) is 3. The highest BCUT2D eigenvalue weighted by Gasteiger charge is 2.08. The van der Waals surface area contributed by atoms with E-state index in [2.05, 4.69) is 4.98 Å². The lowest BCUT2D eigenvalue weighted by Crippen LogP contribution is -2.25. The molecular formula is C15H16F2N2O. The normalized spacial score (nSPS) is 12.2. The summed E-state index contributed by atoms with van der Waals surface area (Å²) in [5, 5.41) is 0. The van der Waals surface area contributed by atoms with E-state index in [0.717, 1.165) is 11.6 Å². The quantitative estimate of drug-likeness (QED) is 0.914. The van der Waals surface area contributed by atoms with Crippen molar-refractivity contribution in [1.29, 1.82) is 0 Å². The lowest BCUT2D eigenvalue weighted by atomic mass is 10.0. The van der Waals surface area contributed by atoms with E-state index in [1.54, 1.807) is 19.4 Å². The first-order valence-corrected chi connectivity index (χ1v) is 6.26. The van der Waals surface area contributed by atoms with E-state index < -0.39 is 11.6 Å². The van der Waals surface area contributed by atoms with Gasteiger partial charge in [0.25, 0.3) is 0 Å². The van der Waals surface area contributed by atoms with Crippen molar-refractivity contribution in [2.24, 2.45) is 5.73 Å². The number of rotatable bonds is 5. The minimum Gasteiger partial charge on any atom is -0.481 e. The molecule has 0 aliphatic rings. The Morgan fingerprint density at radius 1 is 1.10 bits per heavy atom. The second-order valence-corrected chi connectivity index (χ2v) is 4.65. The summed E-state index contributed by atoms with van der Waals surface area (Å²) in [5.41, 5.74) is 7.51. The van der Waals surface area contributed by atoms with Gasteiger partial charge in [-0.05, 0) is 36.1 Å². The molecule has 0 radical (unpaired) electrons. The van der Waals surface area contributed by atoms with Gasteiger partial charge >= 0.3 is 0 Å². The van der Waals surface area contributed by atoms with Crippen molar-refractivity contribution in [2.45, 2.75) is 18.9 Å². The van der Waals surface area contributed by atoms with Gasteiger partial charge in [0, 0.05) is 24.4 Å². The number of nitrogens with two attached hydrogens (primary N) is 1. The SMILES string of the molecule is COc1ccc(CC(N)Cc2cc(F)cc(F)c2)cn1. The zero-order valence-corrected chi connectivity index (χ0v) is 11.1. The third-order valence-corrected chi connectivity index (χ3v) is 2.92. The van der Waals surface area contributed by atoms with Crippen molar-refractivity contribution < 1.29 is 13.5 Å². The molecule has 1 heterocycles. The topological polar surface area (TPSA) is 48.1 Å². The van der Waals surface area contributed by atoms with Gasteiger partial charge in [-0.15, -0.1) is 0 Å². The molecule has 106 valence electrons. The third kappa shape index (κ3) is 3.99. The molecule has 2 aromatic rings. The van der Waals surface area contributed by atoms with E-state index in [4.69, 9.17) is 10.5 Å². The summed E-state index contributed by atoms with van der Waals surface area (Å²) in [6, 6.07) is 6.85. The van der Waals surface area contributed by atoms with Crippen molar-refractivity contribution in [2.75, 3.05) is 7.11 Å². The second-order valence-electron chi connectivity index (χ2n) is 4.65. The molecule has 0 saturated carbocycles. The first kappa shape index (κ1) is 14.4. The van der Waals surface area contributed by atoms with Crippen LogP contribution in [0.4, 0.5) is 8.78 Å². The van der Waals surface area contributed by atoms with E-state index in [1.165, 1.54) is 12.1 Å². The first-order chi connectivity index (χ1) is 9.56. The Kier molecular flexibility index (Phi) is 4.63. The summed E-state index contributed by atoms with van der Waals surface area (Å²) < 4.78 is 31.1. The molecule has 2 N–H and O–H groups in total. The smallest absolute Gasteiger partial charge is 0.212 e. The average Bonchev–Trinajstić information content (AvgIpc) is 2.38. The van der Waals surface area contributed by atoms with E-state index in [9.17, 15) is 8.78 Å². The summed E-state index contributed by atoms with van der Waals surface area (Å²) >= 11 is 0. The molecule has 0 fully saturated rings. The Hall–Kier alpha value is -2.01. The Morgan fingerprint density at radius 3 is 2.30 bits per heavy atom. The lowest BCUT2D eigenvalue weighted by Gasteiger charge is -2.12. The zero-order chi connectivity index (χ0) is 14.5. The molecule has 1 atom stereocenters. The van der Waals surface area contributed by atoms with Crippen LogP contribution in [0.3, 0.4) is 0 Å². The molecule has 0 bridgehead atoms. The second kappa shape index (κ2) is 6.43. The average molecular weight is 278 g/mol. The summed E-state index contributed by atoms with van der Waals surface area (Å²) in [6.07, 6.45) is 2.67. The highest BCUT2D eigenvalue weighted by atomic mass is 19.1. The van der Waals surface area contributed by atoms with Crippen molar-refractivity contribution in [1.82, 2.24) is 4.98 Å². The molecule has 3 nitrogen and oxygen atoms in total. The van der Waals surface area contributed by atoms with Crippen LogP contribution in [-0.4, -0.2) is 18.1 Å². The molecule has 5 heteroatoms. The van der Waals surface area contributed by atoms with Gasteiger partial charge < -0.3 is 10.5 Å². The van der Waals surface area contributed by atoms with Crippen LogP contribution in [0, 0.1) is 11.6 Å². The van der Waals surface area contributed by atoms with Crippen molar-refractivity contribution in [3.8, 4) is 5.88 Å². The number of hydrogen-bond donors (Lipinski definition) is 1. The minimum atomic E-state index is -0.585. The fraction of sp³-hybridized carbons (Fsp3) is 0.267. The summed E-state index contributed by atoms with van der Waals surface area (Å²) in [6.45, 7) is 0. The molecule has 0 spiro atoms. The highest BCUT2D eigenvalue weighted by Crippen LogP contribution is 2.13. The van der Waals surface area contributed by atoms with Gasteiger partial charge in [0.2, 0.25) is 5.88 Å². The molecule has 0 amide bonds. The largest absolute Gasteiger partial charge is 0.481 e. The van der Waals surface area contributed by atoms with Crippen LogP contribution in [0.15, 0.2) is 36.5 Å². The van der Waals surface area contributed by atoms with E-state index >= 15 is 0 Å². The number of methoxy groups -OCH3 is 1. The van der Waals surface area contributed by atoms with Crippen LogP contribution in [0.25, 0.3) is 0 Å². The summed E-state index contributed by atoms with van der Waals surface area (Å²) in [5.74, 6) is -0.633. The molecule has 20 heavy (non-hydrogen) atoms. The fourth-order valence-electron chi connectivity index (χ4n) is 2.06. The Morgan fingerprint density at radius 2 is 1.75 bits per heavy atom. The first-order valence-electron chi connectivity index (χ1n) is 6.26. The number of benzene rings is 1. The van der Waals surface area contributed by atoms with Gasteiger partial charge in [0.05, 0.1) is 7.11 Å². The lowest BCUT2D eigenvalue weighted by molar-refractivity contribution is 0.397. The maximum absolute atomic E-state index is 13.1. The zero-order valence-electron chi connectivity index (χ0n) is 11.1. The third-order valence-electron chi connectivity index (χ3n) is 2.92. The van der Waals surface area contributed by atoms with Gasteiger partial charge in [-0.3, -0.25) is 0 Å². The number of pyridine rings is 1. The number of halogens is 2. The maximum atomic E-state index is 13.1. The molecule has 0 aliphatic carbocycles. The van der Waals surface area contributed by atoms with Crippen molar-refractivity contribution >= 4 is 0 Å². The highest BCUT2D eigenvalue weighted by molar-refractivity contribution is 5.21. The van der Waals surface area contributed by atoms with Crippen LogP contribution in [-0.2, 0) is 12.8 Å². The van der Waals surface area contributed by atoms with Crippen LogP contribution in [0.2, 0.25) is 0 Å². The van der Waals surface area contributed by atoms with E-state index in [0.29, 0.717) is 24.3 Å². The number of aromatic nitrogens is 1. The molecule has 0 saturated heterocycles. The predicted octanol–water partition coefficient (Wildman–Crippen LogP) is 2.48. The predicted molar refractivity (Wildman–Crippen MR) is 72.5 cm³/mol. The van der Waals surface area contributed by atoms with Gasteiger partial charge in [0.15, 0.2) is 0 Å². The Labute approximate surface area is 116 Å². The maximum Gasteiger partial charge on any atom is 0.212 e. The van der Waals surface area contributed by atoms with Crippen LogP contribution < -0.4 is 10.5 Å². The van der Waals surface area contributed by atoms with E-state index in [-0.39, 0.29) is 6.04 Å². The van der Waals surface area contributed by atoms with Gasteiger partial charge in [-0.2, -0.15) is 0 Å². The molecular weight excluding hydrogens is 262 g/mol. The molecule has 1 aromatic carbocycles. The van der Waals surface area contributed by atoms with Crippen LogP contribution in [0.5, 0.6) is 5.88 Å². The van der Waals surface area contributed by atoms with Crippen LogP contribution in [0.1, 0.15) is 11.1 Å². The monoisotopic (exact) mass is 278 g/mol. The number of ether oxygens (including phenoxy) is 1. The summed E-state index contributed by atoms with van der Waals surface area (Å²) in [4.78, 5) is 4.09.